The van der Waals surface area contributed by atoms with Crippen LogP contribution >= 0.6 is 34.8 Å². The van der Waals surface area contributed by atoms with Crippen molar-refractivity contribution in [3.05, 3.63) is 0 Å². The van der Waals surface area contributed by atoms with E-state index in [-0.39, 0.29) is 5.97 Å². The Bertz CT molecular complexity index is 142. The van der Waals surface area contributed by atoms with Gasteiger partial charge in [0.15, 0.2) is 3.79 Å². The van der Waals surface area contributed by atoms with E-state index in [4.69, 9.17) is 34.8 Å². The quantitative estimate of drug-likeness (QED) is 0.551. The zero-order valence-corrected chi connectivity index (χ0v) is 9.05. The summed E-state index contributed by atoms with van der Waals surface area (Å²) in [6.45, 7) is 2.15. The third-order valence-corrected chi connectivity index (χ3v) is 1.71. The Hall–Kier alpha value is 0.340. The summed E-state index contributed by atoms with van der Waals surface area (Å²) in [5.74, 6) is -0.244. The van der Waals surface area contributed by atoms with Crippen molar-refractivity contribution >= 4 is 40.8 Å². The van der Waals surface area contributed by atoms with Gasteiger partial charge in [0.1, 0.15) is 0 Å². The van der Waals surface area contributed by atoms with Crippen LogP contribution in [-0.4, -0.2) is 16.4 Å². The van der Waals surface area contributed by atoms with Gasteiger partial charge in [-0.25, -0.2) is 0 Å². The molecule has 12 heavy (non-hydrogen) atoms. The molecule has 0 N–H and O–H groups in total. The van der Waals surface area contributed by atoms with Gasteiger partial charge in [-0.2, -0.15) is 0 Å². The van der Waals surface area contributed by atoms with Crippen molar-refractivity contribution in [2.24, 2.45) is 0 Å². The van der Waals surface area contributed by atoms with Gasteiger partial charge in [0.25, 0.3) is 0 Å². The van der Waals surface area contributed by atoms with E-state index in [0.717, 1.165) is 0 Å². The maximum absolute atomic E-state index is 10.8. The van der Waals surface area contributed by atoms with Gasteiger partial charge in [-0.15, -0.1) is 0 Å². The zero-order chi connectivity index (χ0) is 9.61. The molecule has 0 aliphatic rings. The summed E-state index contributed by atoms with van der Waals surface area (Å²) < 4.78 is 3.43. The van der Waals surface area contributed by atoms with Crippen molar-refractivity contribution in [1.29, 1.82) is 0 Å². The summed E-state index contributed by atoms with van der Waals surface area (Å²) in [5, 5.41) is 0. The molecule has 0 aromatic carbocycles. The fourth-order valence-corrected chi connectivity index (χ4v) is 1.07. The molecule has 0 atom stereocenters. The van der Waals surface area contributed by atoms with Gasteiger partial charge in [0, 0.05) is 6.42 Å². The highest BCUT2D eigenvalue weighted by Crippen LogP contribution is 2.31. The Morgan fingerprint density at radius 3 is 2.42 bits per heavy atom. The van der Waals surface area contributed by atoms with Gasteiger partial charge in [0.05, 0.1) is 6.61 Å². The van der Waals surface area contributed by atoms with Crippen LogP contribution in [0.3, 0.4) is 0 Å². The fraction of sp³-hybridized carbons (Fsp3) is 0.857. The molecule has 2 nitrogen and oxygen atoms in total. The molecule has 0 aliphatic heterocycles. The van der Waals surface area contributed by atoms with E-state index >= 15 is 0 Å². The highest BCUT2D eigenvalue weighted by Gasteiger charge is 2.19. The van der Waals surface area contributed by atoms with E-state index in [0.29, 0.717) is 25.9 Å². The summed E-state index contributed by atoms with van der Waals surface area (Å²) in [6, 6.07) is 0. The number of esters is 1. The molecule has 0 fully saturated rings. The van der Waals surface area contributed by atoms with Gasteiger partial charge in [-0.05, 0) is 19.8 Å². The smallest absolute Gasteiger partial charge is 0.305 e. The van der Waals surface area contributed by atoms with Crippen LogP contribution in [0.25, 0.3) is 0 Å². The van der Waals surface area contributed by atoms with Crippen molar-refractivity contribution in [2.45, 2.75) is 30.0 Å². The Kier molecular flexibility index (Phi) is 6.06. The van der Waals surface area contributed by atoms with Crippen molar-refractivity contribution < 1.29 is 9.53 Å². The fourth-order valence-electron chi connectivity index (χ4n) is 0.666. The topological polar surface area (TPSA) is 26.3 Å². The lowest BCUT2D eigenvalue weighted by Gasteiger charge is -2.08. The number of ether oxygens (including phenoxy) is 1. The summed E-state index contributed by atoms with van der Waals surface area (Å²) in [6.07, 6.45) is 1.22. The molecule has 0 amide bonds. The van der Waals surface area contributed by atoms with Crippen LogP contribution in [0.5, 0.6) is 0 Å². The Balaban J connectivity index is 3.37. The highest BCUT2D eigenvalue weighted by atomic mass is 35.6. The maximum atomic E-state index is 10.8. The SMILES string of the molecule is CCOC(=O)CCCC(Cl)(Cl)Cl. The van der Waals surface area contributed by atoms with E-state index in [1.807, 2.05) is 0 Å². The molecular weight excluding hydrogens is 222 g/mol. The molecule has 0 aromatic rings. The number of hydrogen-bond acceptors (Lipinski definition) is 2. The largest absolute Gasteiger partial charge is 0.466 e. The van der Waals surface area contributed by atoms with Gasteiger partial charge in [-0.3, -0.25) is 4.79 Å². The summed E-state index contributed by atoms with van der Waals surface area (Å²) in [4.78, 5) is 10.8. The van der Waals surface area contributed by atoms with Crippen LogP contribution in [0.1, 0.15) is 26.2 Å². The minimum atomic E-state index is -1.26. The van der Waals surface area contributed by atoms with Crippen molar-refractivity contribution in [3.63, 3.8) is 0 Å². The Morgan fingerprint density at radius 1 is 1.42 bits per heavy atom. The van der Waals surface area contributed by atoms with E-state index in [1.54, 1.807) is 6.92 Å². The standard InChI is InChI=1S/C7H11Cl3O2/c1-2-12-6(11)4-3-5-7(8,9)10/h2-5H2,1H3. The van der Waals surface area contributed by atoms with E-state index in [2.05, 4.69) is 4.74 Å². The molecule has 0 aliphatic carbocycles. The first-order chi connectivity index (χ1) is 5.45. The first-order valence-corrected chi connectivity index (χ1v) is 4.81. The second-order valence-corrected chi connectivity index (χ2v) is 4.79. The predicted molar refractivity (Wildman–Crippen MR) is 50.8 cm³/mol. The Labute approximate surface area is 87.1 Å². The molecule has 0 heterocycles. The predicted octanol–water partition coefficient (Wildman–Crippen LogP) is 3.09. The third-order valence-electron chi connectivity index (χ3n) is 1.15. The second-order valence-electron chi connectivity index (χ2n) is 2.27. The molecule has 0 saturated heterocycles. The zero-order valence-electron chi connectivity index (χ0n) is 6.78. The number of rotatable bonds is 4. The number of halogens is 3. The molecule has 0 aromatic heterocycles. The molecule has 0 saturated carbocycles. The van der Waals surface area contributed by atoms with E-state index in [1.165, 1.54) is 0 Å². The van der Waals surface area contributed by atoms with Gasteiger partial charge in [-0.1, -0.05) is 34.8 Å². The van der Waals surface area contributed by atoms with Crippen LogP contribution in [0.2, 0.25) is 0 Å². The van der Waals surface area contributed by atoms with Gasteiger partial charge in [0.2, 0.25) is 0 Å². The van der Waals surface area contributed by atoms with Crippen LogP contribution < -0.4 is 0 Å². The number of carbonyl (C=O) groups is 1. The molecular formula is C7H11Cl3O2. The summed E-state index contributed by atoms with van der Waals surface area (Å²) in [7, 11) is 0. The monoisotopic (exact) mass is 232 g/mol. The van der Waals surface area contributed by atoms with Crippen LogP contribution in [0, 0.1) is 0 Å². The maximum Gasteiger partial charge on any atom is 0.305 e. The third kappa shape index (κ3) is 8.44. The second kappa shape index (κ2) is 5.90. The molecule has 0 rings (SSSR count). The minimum absolute atomic E-state index is 0.244. The minimum Gasteiger partial charge on any atom is -0.466 e. The lowest BCUT2D eigenvalue weighted by atomic mass is 10.2. The molecule has 0 radical (unpaired) electrons. The summed E-state index contributed by atoms with van der Waals surface area (Å²) in [5.41, 5.74) is 0. The van der Waals surface area contributed by atoms with E-state index in [9.17, 15) is 4.79 Å². The van der Waals surface area contributed by atoms with Gasteiger partial charge >= 0.3 is 5.97 Å². The molecule has 0 spiro atoms. The average molecular weight is 234 g/mol. The lowest BCUT2D eigenvalue weighted by molar-refractivity contribution is -0.143. The molecule has 0 unspecified atom stereocenters. The average Bonchev–Trinajstić information content (AvgIpc) is 1.84. The van der Waals surface area contributed by atoms with Crippen molar-refractivity contribution in [3.8, 4) is 0 Å². The van der Waals surface area contributed by atoms with E-state index < -0.39 is 3.79 Å². The number of carbonyl (C=O) groups excluding carboxylic acids is 1. The first-order valence-electron chi connectivity index (χ1n) is 3.68. The molecule has 72 valence electrons. The van der Waals surface area contributed by atoms with Crippen LogP contribution in [-0.2, 0) is 9.53 Å². The Morgan fingerprint density at radius 2 is 2.00 bits per heavy atom. The van der Waals surface area contributed by atoms with Gasteiger partial charge < -0.3 is 4.74 Å². The molecule has 0 bridgehead atoms. The highest BCUT2D eigenvalue weighted by molar-refractivity contribution is 6.67. The summed E-state index contributed by atoms with van der Waals surface area (Å²) >= 11 is 16.4. The lowest BCUT2D eigenvalue weighted by Crippen LogP contribution is -2.07. The normalized spacial score (nSPS) is 11.3. The van der Waals surface area contributed by atoms with Crippen molar-refractivity contribution in [2.75, 3.05) is 6.61 Å². The van der Waals surface area contributed by atoms with Crippen LogP contribution in [0.15, 0.2) is 0 Å². The van der Waals surface area contributed by atoms with Crippen molar-refractivity contribution in [1.82, 2.24) is 0 Å². The first kappa shape index (κ1) is 12.3. The van der Waals surface area contributed by atoms with Crippen LogP contribution in [0.4, 0.5) is 0 Å². The number of hydrogen-bond donors (Lipinski definition) is 0. The number of alkyl halides is 3. The molecule has 5 heteroatoms.